The number of aryl methyl sites for hydroxylation is 1. The van der Waals surface area contributed by atoms with E-state index >= 15 is 0 Å². The third kappa shape index (κ3) is 3.57. The minimum Gasteiger partial charge on any atom is -0.288 e. The number of rotatable bonds is 1. The first-order chi connectivity index (χ1) is 10.3. The minimum atomic E-state index is -4.02. The summed E-state index contributed by atoms with van der Waals surface area (Å²) in [6.45, 7) is 1.84. The first-order valence-electron chi connectivity index (χ1n) is 6.28. The quantitative estimate of drug-likeness (QED) is 0.617. The van der Waals surface area contributed by atoms with Crippen molar-refractivity contribution in [3.05, 3.63) is 65.2 Å². The highest BCUT2D eigenvalue weighted by atomic mass is 32.2. The van der Waals surface area contributed by atoms with Crippen molar-refractivity contribution in [1.82, 2.24) is 5.32 Å². The minimum absolute atomic E-state index is 0.0666. The summed E-state index contributed by atoms with van der Waals surface area (Å²) < 4.78 is 29.6. The van der Waals surface area contributed by atoms with Crippen molar-refractivity contribution in [3.63, 3.8) is 0 Å². The molecule has 22 heavy (non-hydrogen) atoms. The van der Waals surface area contributed by atoms with Crippen molar-refractivity contribution in [2.24, 2.45) is 0 Å². The molecule has 2 N–H and O–H groups in total. The summed E-state index contributed by atoms with van der Waals surface area (Å²) in [5.41, 5.74) is 1.90. The molecule has 0 spiro atoms. The van der Waals surface area contributed by atoms with Gasteiger partial charge in [-0.15, -0.1) is 0 Å². The molecule has 0 fully saturated rings. The van der Waals surface area contributed by atoms with Crippen molar-refractivity contribution < 1.29 is 22.6 Å². The highest BCUT2D eigenvalue weighted by molar-refractivity contribution is 7.85. The number of hydrogen-bond donors (Lipinski definition) is 2. The van der Waals surface area contributed by atoms with E-state index in [1.165, 1.54) is 12.1 Å². The van der Waals surface area contributed by atoms with E-state index in [1.54, 1.807) is 36.4 Å². The van der Waals surface area contributed by atoms with Gasteiger partial charge in [-0.25, -0.2) is 0 Å². The Labute approximate surface area is 127 Å². The van der Waals surface area contributed by atoms with Gasteiger partial charge in [0.2, 0.25) is 0 Å². The van der Waals surface area contributed by atoms with Crippen LogP contribution in [-0.4, -0.2) is 24.8 Å². The van der Waals surface area contributed by atoms with Gasteiger partial charge in [0.15, 0.2) is 0 Å². The van der Waals surface area contributed by atoms with Crippen molar-refractivity contribution in [3.8, 4) is 0 Å². The molecule has 2 aromatic rings. The topological polar surface area (TPSA) is 101 Å². The van der Waals surface area contributed by atoms with Crippen LogP contribution in [0.2, 0.25) is 0 Å². The van der Waals surface area contributed by atoms with Gasteiger partial charge in [-0.1, -0.05) is 29.8 Å². The molecule has 7 heteroatoms. The van der Waals surface area contributed by atoms with Crippen LogP contribution < -0.4 is 5.32 Å². The van der Waals surface area contributed by atoms with E-state index in [1.807, 2.05) is 6.92 Å². The molecule has 0 aliphatic carbocycles. The van der Waals surface area contributed by atoms with Gasteiger partial charge in [-0.2, -0.15) is 8.42 Å². The summed E-state index contributed by atoms with van der Waals surface area (Å²) in [6, 6.07) is 12.7. The summed E-state index contributed by atoms with van der Waals surface area (Å²) in [4.78, 5) is 21.8. The molecular weight excluding hydrogens is 306 g/mol. The second kappa shape index (κ2) is 6.08. The lowest BCUT2D eigenvalue weighted by Gasteiger charge is -1.95. The van der Waals surface area contributed by atoms with Gasteiger partial charge in [-0.05, 0) is 31.2 Å². The number of carbonyl (C=O) groups is 2. The molecule has 2 amide bonds. The Morgan fingerprint density at radius 2 is 1.32 bits per heavy atom. The van der Waals surface area contributed by atoms with Gasteiger partial charge in [0.25, 0.3) is 21.9 Å². The summed E-state index contributed by atoms with van der Waals surface area (Å²) in [5.74, 6) is -0.601. The lowest BCUT2D eigenvalue weighted by atomic mass is 10.1. The Morgan fingerprint density at radius 3 is 1.73 bits per heavy atom. The molecule has 114 valence electrons. The van der Waals surface area contributed by atoms with Crippen LogP contribution in [0.1, 0.15) is 26.3 Å². The molecule has 0 saturated heterocycles. The standard InChI is InChI=1S/C8H5NO2.C7H8O3S/c10-7-5-3-1-2-4-6(5)8(11)9-7;1-6-2-4-7(5-3-6)11(8,9)10/h1-4H,(H,9,10,11);2-5H,1H3,(H,8,9,10). The van der Waals surface area contributed by atoms with Gasteiger partial charge in [0.05, 0.1) is 16.0 Å². The number of benzene rings is 2. The molecule has 0 radical (unpaired) electrons. The van der Waals surface area contributed by atoms with Crippen LogP contribution in [-0.2, 0) is 10.1 Å². The third-order valence-corrected chi connectivity index (χ3v) is 3.83. The SMILES string of the molecule is Cc1ccc(S(=O)(=O)O)cc1.O=C1NC(=O)c2ccccc21. The first-order valence-corrected chi connectivity index (χ1v) is 7.72. The van der Waals surface area contributed by atoms with E-state index in [4.69, 9.17) is 4.55 Å². The second-order valence-corrected chi connectivity index (χ2v) is 6.04. The van der Waals surface area contributed by atoms with Gasteiger partial charge in [0.1, 0.15) is 0 Å². The van der Waals surface area contributed by atoms with Gasteiger partial charge in [-0.3, -0.25) is 19.5 Å². The number of hydrogen-bond acceptors (Lipinski definition) is 4. The van der Waals surface area contributed by atoms with E-state index in [0.29, 0.717) is 11.1 Å². The van der Waals surface area contributed by atoms with E-state index in [9.17, 15) is 18.0 Å². The Bertz CT molecular complexity index is 792. The van der Waals surface area contributed by atoms with E-state index in [2.05, 4.69) is 5.32 Å². The monoisotopic (exact) mass is 319 g/mol. The van der Waals surface area contributed by atoms with Gasteiger partial charge >= 0.3 is 0 Å². The summed E-state index contributed by atoms with van der Waals surface area (Å²) in [6.07, 6.45) is 0. The maximum atomic E-state index is 10.9. The predicted molar refractivity (Wildman–Crippen MR) is 79.2 cm³/mol. The maximum absolute atomic E-state index is 10.9. The maximum Gasteiger partial charge on any atom is 0.294 e. The fourth-order valence-corrected chi connectivity index (χ4v) is 2.31. The Kier molecular flexibility index (Phi) is 4.39. The molecule has 1 heterocycles. The van der Waals surface area contributed by atoms with E-state index < -0.39 is 10.1 Å². The number of imide groups is 1. The molecule has 0 atom stereocenters. The summed E-state index contributed by atoms with van der Waals surface area (Å²) in [7, 11) is -4.02. The Hall–Kier alpha value is -2.51. The molecular formula is C15H13NO5S. The summed E-state index contributed by atoms with van der Waals surface area (Å²) >= 11 is 0. The molecule has 0 bridgehead atoms. The second-order valence-electron chi connectivity index (χ2n) is 4.62. The van der Waals surface area contributed by atoms with Crippen molar-refractivity contribution in [2.75, 3.05) is 0 Å². The van der Waals surface area contributed by atoms with Crippen LogP contribution in [0.25, 0.3) is 0 Å². The number of nitrogens with one attached hydrogen (secondary N) is 1. The van der Waals surface area contributed by atoms with Crippen molar-refractivity contribution >= 4 is 21.9 Å². The largest absolute Gasteiger partial charge is 0.294 e. The smallest absolute Gasteiger partial charge is 0.288 e. The lowest BCUT2D eigenvalue weighted by molar-refractivity contribution is 0.0879. The van der Waals surface area contributed by atoms with Crippen LogP contribution >= 0.6 is 0 Å². The zero-order valence-electron chi connectivity index (χ0n) is 11.6. The van der Waals surface area contributed by atoms with Gasteiger partial charge < -0.3 is 0 Å². The number of fused-ring (bicyclic) bond motifs is 1. The average Bonchev–Trinajstić information content (AvgIpc) is 2.75. The highest BCUT2D eigenvalue weighted by Crippen LogP contribution is 2.13. The van der Waals surface area contributed by atoms with Gasteiger partial charge in [0, 0.05) is 0 Å². The van der Waals surface area contributed by atoms with E-state index in [-0.39, 0.29) is 16.7 Å². The summed E-state index contributed by atoms with van der Waals surface area (Å²) in [5, 5.41) is 2.20. The molecule has 6 nitrogen and oxygen atoms in total. The van der Waals surface area contributed by atoms with E-state index in [0.717, 1.165) is 5.56 Å². The van der Waals surface area contributed by atoms with Crippen molar-refractivity contribution in [1.29, 1.82) is 0 Å². The van der Waals surface area contributed by atoms with Crippen LogP contribution in [0.5, 0.6) is 0 Å². The third-order valence-electron chi connectivity index (χ3n) is 2.96. The molecule has 3 rings (SSSR count). The first kappa shape index (κ1) is 15.9. The average molecular weight is 319 g/mol. The number of carbonyl (C=O) groups excluding carboxylic acids is 2. The molecule has 0 saturated carbocycles. The Balaban J connectivity index is 0.000000160. The lowest BCUT2D eigenvalue weighted by Crippen LogP contribution is -2.19. The fraction of sp³-hybridized carbons (Fsp3) is 0.0667. The Morgan fingerprint density at radius 1 is 0.864 bits per heavy atom. The van der Waals surface area contributed by atoms with Crippen LogP contribution in [0.4, 0.5) is 0 Å². The molecule has 1 aliphatic rings. The molecule has 2 aromatic carbocycles. The predicted octanol–water partition coefficient (Wildman–Crippen LogP) is 1.81. The van der Waals surface area contributed by atoms with Crippen LogP contribution in [0, 0.1) is 6.92 Å². The number of amides is 2. The fourth-order valence-electron chi connectivity index (χ4n) is 1.83. The van der Waals surface area contributed by atoms with Crippen molar-refractivity contribution in [2.45, 2.75) is 11.8 Å². The molecule has 1 aliphatic heterocycles. The highest BCUT2D eigenvalue weighted by Gasteiger charge is 2.25. The zero-order chi connectivity index (χ0) is 16.3. The molecule has 0 aromatic heterocycles. The molecule has 0 unspecified atom stereocenters. The van der Waals surface area contributed by atoms with Crippen LogP contribution in [0.3, 0.4) is 0 Å². The normalized spacial score (nSPS) is 13.0. The van der Waals surface area contributed by atoms with Crippen LogP contribution in [0.15, 0.2) is 53.4 Å². The zero-order valence-corrected chi connectivity index (χ0v) is 12.4.